The van der Waals surface area contributed by atoms with Gasteiger partial charge in [0, 0.05) is 9.26 Å². The van der Waals surface area contributed by atoms with E-state index in [0.717, 1.165) is 40.6 Å². The van der Waals surface area contributed by atoms with Gasteiger partial charge in [0.25, 0.3) is 0 Å². The molecular formula is C18H16IN3OS. The maximum Gasteiger partial charge on any atom is 0.234 e. The van der Waals surface area contributed by atoms with Gasteiger partial charge in [-0.05, 0) is 72.0 Å². The molecule has 1 aromatic carbocycles. The Morgan fingerprint density at radius 1 is 1.33 bits per heavy atom. The Balaban J connectivity index is 1.69. The largest absolute Gasteiger partial charge is 0.324 e. The number of hydrogen-bond acceptors (Lipinski definition) is 4. The van der Waals surface area contributed by atoms with Gasteiger partial charge in [-0.25, -0.2) is 4.98 Å². The Morgan fingerprint density at radius 2 is 2.12 bits per heavy atom. The molecular weight excluding hydrogens is 433 g/mol. The maximum atomic E-state index is 12.2. The SMILES string of the molecule is N#Cc1cc2c(nc1SCC(=O)Nc1ccccc1I)CCCC2. The number of thioether (sulfide) groups is 1. The van der Waals surface area contributed by atoms with E-state index in [2.05, 4.69) is 39.0 Å². The van der Waals surface area contributed by atoms with Crippen LogP contribution in [0.15, 0.2) is 35.4 Å². The number of aromatic nitrogens is 1. The lowest BCUT2D eigenvalue weighted by molar-refractivity contribution is -0.113. The lowest BCUT2D eigenvalue weighted by Gasteiger charge is -2.16. The standard InChI is InChI=1S/C18H16IN3OS/c19-14-6-2-4-8-16(14)21-17(23)11-24-18-13(10-20)9-12-5-1-3-7-15(12)22-18/h2,4,6,8-9H,1,3,5,7,11H2,(H,21,23). The van der Waals surface area contributed by atoms with Crippen molar-refractivity contribution in [3.63, 3.8) is 0 Å². The van der Waals surface area contributed by atoms with Gasteiger partial charge < -0.3 is 5.32 Å². The molecule has 4 nitrogen and oxygen atoms in total. The number of carbonyl (C=O) groups is 1. The quantitative estimate of drug-likeness (QED) is 0.562. The number of para-hydroxylation sites is 1. The van der Waals surface area contributed by atoms with E-state index in [9.17, 15) is 10.1 Å². The van der Waals surface area contributed by atoms with Gasteiger partial charge in [0.2, 0.25) is 5.91 Å². The van der Waals surface area contributed by atoms with Crippen LogP contribution in [-0.2, 0) is 17.6 Å². The summed E-state index contributed by atoms with van der Waals surface area (Å²) in [6, 6.07) is 11.8. The summed E-state index contributed by atoms with van der Waals surface area (Å²) in [5.41, 5.74) is 3.65. The van der Waals surface area contributed by atoms with Crippen LogP contribution < -0.4 is 5.32 Å². The molecule has 1 amide bonds. The monoisotopic (exact) mass is 449 g/mol. The molecule has 0 saturated heterocycles. The van der Waals surface area contributed by atoms with E-state index in [1.165, 1.54) is 17.3 Å². The molecule has 0 aliphatic heterocycles. The molecule has 0 saturated carbocycles. The highest BCUT2D eigenvalue weighted by Gasteiger charge is 2.16. The molecule has 122 valence electrons. The number of nitrogens with one attached hydrogen (secondary N) is 1. The molecule has 24 heavy (non-hydrogen) atoms. The minimum absolute atomic E-state index is 0.0903. The first-order valence-electron chi connectivity index (χ1n) is 7.77. The number of anilines is 1. The van der Waals surface area contributed by atoms with Gasteiger partial charge in [-0.3, -0.25) is 4.79 Å². The van der Waals surface area contributed by atoms with Crippen LogP contribution in [0.3, 0.4) is 0 Å². The van der Waals surface area contributed by atoms with Gasteiger partial charge in [0.1, 0.15) is 11.1 Å². The lowest BCUT2D eigenvalue weighted by Crippen LogP contribution is -2.15. The van der Waals surface area contributed by atoms with Gasteiger partial charge in [0.05, 0.1) is 17.0 Å². The summed E-state index contributed by atoms with van der Waals surface area (Å²) in [6.07, 6.45) is 4.25. The van der Waals surface area contributed by atoms with Gasteiger partial charge in [-0.1, -0.05) is 23.9 Å². The van der Waals surface area contributed by atoms with Crippen LogP contribution in [-0.4, -0.2) is 16.6 Å². The van der Waals surface area contributed by atoms with E-state index < -0.39 is 0 Å². The molecule has 3 rings (SSSR count). The van der Waals surface area contributed by atoms with Crippen LogP contribution in [0.5, 0.6) is 0 Å². The molecule has 0 spiro atoms. The van der Waals surface area contributed by atoms with Crippen molar-refractivity contribution >= 4 is 45.9 Å². The maximum absolute atomic E-state index is 12.2. The van der Waals surface area contributed by atoms with Crippen molar-refractivity contribution < 1.29 is 4.79 Å². The molecule has 1 N–H and O–H groups in total. The minimum Gasteiger partial charge on any atom is -0.324 e. The van der Waals surface area contributed by atoms with Crippen molar-refractivity contribution in [3.05, 3.63) is 50.7 Å². The number of aryl methyl sites for hydroxylation is 2. The zero-order chi connectivity index (χ0) is 16.9. The van der Waals surface area contributed by atoms with Crippen molar-refractivity contribution in [2.75, 3.05) is 11.1 Å². The average Bonchev–Trinajstić information content (AvgIpc) is 2.61. The predicted molar refractivity (Wildman–Crippen MR) is 104 cm³/mol. The number of rotatable bonds is 4. The molecule has 6 heteroatoms. The molecule has 0 atom stereocenters. The van der Waals surface area contributed by atoms with E-state index in [1.807, 2.05) is 30.3 Å². The number of carbonyl (C=O) groups excluding carboxylic acids is 1. The van der Waals surface area contributed by atoms with E-state index >= 15 is 0 Å². The number of halogens is 1. The van der Waals surface area contributed by atoms with Crippen LogP contribution >= 0.6 is 34.4 Å². The Hall–Kier alpha value is -1.59. The summed E-state index contributed by atoms with van der Waals surface area (Å²) in [7, 11) is 0. The van der Waals surface area contributed by atoms with E-state index in [-0.39, 0.29) is 11.7 Å². The average molecular weight is 449 g/mol. The number of hydrogen-bond donors (Lipinski definition) is 1. The number of nitrogens with zero attached hydrogens (tertiary/aromatic N) is 2. The third kappa shape index (κ3) is 4.08. The van der Waals surface area contributed by atoms with Crippen LogP contribution in [0.4, 0.5) is 5.69 Å². The minimum atomic E-state index is -0.0903. The fraction of sp³-hybridized carbons (Fsp3) is 0.278. The van der Waals surface area contributed by atoms with E-state index in [4.69, 9.17) is 0 Å². The normalized spacial score (nSPS) is 13.0. The first-order valence-corrected chi connectivity index (χ1v) is 9.84. The first-order chi connectivity index (χ1) is 11.7. The van der Waals surface area contributed by atoms with Crippen LogP contribution in [0.1, 0.15) is 29.7 Å². The van der Waals surface area contributed by atoms with Crippen molar-refractivity contribution in [1.29, 1.82) is 5.26 Å². The Labute approximate surface area is 159 Å². The third-order valence-corrected chi connectivity index (χ3v) is 5.81. The van der Waals surface area contributed by atoms with Crippen molar-refractivity contribution in [1.82, 2.24) is 4.98 Å². The van der Waals surface area contributed by atoms with Gasteiger partial charge >= 0.3 is 0 Å². The van der Waals surface area contributed by atoms with Crippen LogP contribution in [0.25, 0.3) is 0 Å². The second-order valence-corrected chi connectivity index (χ2v) is 7.71. The fourth-order valence-electron chi connectivity index (χ4n) is 2.69. The summed E-state index contributed by atoms with van der Waals surface area (Å²) in [6.45, 7) is 0. The molecule has 2 aromatic rings. The number of nitriles is 1. The zero-order valence-electron chi connectivity index (χ0n) is 13.0. The summed E-state index contributed by atoms with van der Waals surface area (Å²) in [5, 5.41) is 12.9. The topological polar surface area (TPSA) is 65.8 Å². The second kappa shape index (κ2) is 7.99. The van der Waals surface area contributed by atoms with Crippen molar-refractivity contribution in [3.8, 4) is 6.07 Å². The summed E-state index contributed by atoms with van der Waals surface area (Å²) < 4.78 is 0.998. The van der Waals surface area contributed by atoms with E-state index in [0.29, 0.717) is 10.6 Å². The molecule has 1 heterocycles. The highest BCUT2D eigenvalue weighted by molar-refractivity contribution is 14.1. The first kappa shape index (κ1) is 17.2. The molecule has 1 aliphatic rings. The number of pyridine rings is 1. The van der Waals surface area contributed by atoms with E-state index in [1.54, 1.807) is 0 Å². The van der Waals surface area contributed by atoms with Crippen molar-refractivity contribution in [2.24, 2.45) is 0 Å². The Bertz CT molecular complexity index is 816. The predicted octanol–water partition coefficient (Wildman–Crippen LogP) is 4.17. The highest BCUT2D eigenvalue weighted by Crippen LogP contribution is 2.27. The van der Waals surface area contributed by atoms with Gasteiger partial charge in [0.15, 0.2) is 0 Å². The number of amides is 1. The lowest BCUT2D eigenvalue weighted by atomic mass is 9.95. The number of fused-ring (bicyclic) bond motifs is 1. The van der Waals surface area contributed by atoms with Crippen LogP contribution in [0.2, 0.25) is 0 Å². The second-order valence-electron chi connectivity index (χ2n) is 5.58. The molecule has 0 unspecified atom stereocenters. The third-order valence-electron chi connectivity index (χ3n) is 3.87. The zero-order valence-corrected chi connectivity index (χ0v) is 16.0. The summed E-state index contributed by atoms with van der Waals surface area (Å²) >= 11 is 3.52. The highest BCUT2D eigenvalue weighted by atomic mass is 127. The van der Waals surface area contributed by atoms with Gasteiger partial charge in [-0.2, -0.15) is 5.26 Å². The number of benzene rings is 1. The van der Waals surface area contributed by atoms with Gasteiger partial charge in [-0.15, -0.1) is 0 Å². The Morgan fingerprint density at radius 3 is 2.92 bits per heavy atom. The van der Waals surface area contributed by atoms with Crippen LogP contribution in [0, 0.1) is 14.9 Å². The Kier molecular flexibility index (Phi) is 5.74. The summed E-state index contributed by atoms with van der Waals surface area (Å²) in [5.74, 6) is 0.151. The molecule has 0 bridgehead atoms. The smallest absolute Gasteiger partial charge is 0.234 e. The van der Waals surface area contributed by atoms with Crippen molar-refractivity contribution in [2.45, 2.75) is 30.7 Å². The molecule has 1 aromatic heterocycles. The fourth-order valence-corrected chi connectivity index (χ4v) is 3.98. The molecule has 1 aliphatic carbocycles. The molecule has 0 fully saturated rings. The molecule has 0 radical (unpaired) electrons. The summed E-state index contributed by atoms with van der Waals surface area (Å²) in [4.78, 5) is 16.8.